The summed E-state index contributed by atoms with van der Waals surface area (Å²) in [5.74, 6) is -0.488. The number of ether oxygens (including phenoxy) is 1. The molecule has 140 valence electrons. The van der Waals surface area contributed by atoms with Gasteiger partial charge in [-0.2, -0.15) is 0 Å². The number of benzene rings is 2. The number of hydrogen-bond donors (Lipinski definition) is 1. The van der Waals surface area contributed by atoms with Gasteiger partial charge in [0.15, 0.2) is 0 Å². The highest BCUT2D eigenvalue weighted by atomic mass is 32.2. The number of carbonyl (C=O) groups excluding carboxylic acids is 1. The number of esters is 1. The van der Waals surface area contributed by atoms with Crippen LogP contribution < -0.4 is 4.72 Å². The summed E-state index contributed by atoms with van der Waals surface area (Å²) >= 11 is 0. The molecular weight excluding hydrogens is 368 g/mol. The van der Waals surface area contributed by atoms with Crippen molar-refractivity contribution in [2.24, 2.45) is 0 Å². The summed E-state index contributed by atoms with van der Waals surface area (Å²) in [4.78, 5) is 16.1. The predicted octanol–water partition coefficient (Wildman–Crippen LogP) is 3.25. The molecule has 0 spiro atoms. The Morgan fingerprint density at radius 2 is 1.70 bits per heavy atom. The Kier molecular flexibility index (Phi) is 5.56. The van der Waals surface area contributed by atoms with E-state index in [0.717, 1.165) is 0 Å². The van der Waals surface area contributed by atoms with Gasteiger partial charge in [-0.3, -0.25) is 4.79 Å². The van der Waals surface area contributed by atoms with E-state index in [2.05, 4.69) is 9.71 Å². The average Bonchev–Trinajstić information content (AvgIpc) is 3.04. The lowest BCUT2D eigenvalue weighted by molar-refractivity contribution is -0.142. The second-order valence-corrected chi connectivity index (χ2v) is 7.23. The monoisotopic (exact) mass is 386 g/mol. The number of rotatable bonds is 7. The zero-order chi connectivity index (χ0) is 19.3. The van der Waals surface area contributed by atoms with Gasteiger partial charge >= 0.3 is 5.97 Å². The van der Waals surface area contributed by atoms with Crippen molar-refractivity contribution < 1.29 is 22.4 Å². The van der Waals surface area contributed by atoms with E-state index in [0.29, 0.717) is 11.3 Å². The van der Waals surface area contributed by atoms with Crippen LogP contribution >= 0.6 is 0 Å². The summed E-state index contributed by atoms with van der Waals surface area (Å²) in [5.41, 5.74) is 0.955. The van der Waals surface area contributed by atoms with Gasteiger partial charge in [0.2, 0.25) is 11.8 Å². The third-order valence-corrected chi connectivity index (χ3v) is 4.95. The van der Waals surface area contributed by atoms with Crippen LogP contribution in [0.5, 0.6) is 0 Å². The van der Waals surface area contributed by atoms with Gasteiger partial charge in [0.25, 0.3) is 10.0 Å². The summed E-state index contributed by atoms with van der Waals surface area (Å²) in [6.45, 7) is 1.93. The molecule has 0 aliphatic rings. The molecule has 0 amide bonds. The molecule has 0 atom stereocenters. The Hall–Kier alpha value is -3.13. The summed E-state index contributed by atoms with van der Waals surface area (Å²) in [6, 6.07) is 16.9. The van der Waals surface area contributed by atoms with E-state index < -0.39 is 16.0 Å². The highest BCUT2D eigenvalue weighted by Gasteiger charge is 2.23. The number of nitrogens with one attached hydrogen (secondary N) is 1. The Bertz CT molecular complexity index is 1010. The molecule has 0 saturated carbocycles. The largest absolute Gasteiger partial charge is 0.466 e. The van der Waals surface area contributed by atoms with Gasteiger partial charge in [0.1, 0.15) is 12.1 Å². The minimum absolute atomic E-state index is 0.0515. The van der Waals surface area contributed by atoms with Crippen LogP contribution in [0.25, 0.3) is 11.3 Å². The van der Waals surface area contributed by atoms with Crippen LogP contribution in [0, 0.1) is 0 Å². The van der Waals surface area contributed by atoms with Crippen molar-refractivity contribution >= 4 is 21.9 Å². The second kappa shape index (κ2) is 8.05. The van der Waals surface area contributed by atoms with Crippen LogP contribution in [0.15, 0.2) is 70.0 Å². The Morgan fingerprint density at radius 3 is 2.33 bits per heavy atom. The van der Waals surface area contributed by atoms with Crippen molar-refractivity contribution in [3.63, 3.8) is 0 Å². The van der Waals surface area contributed by atoms with Crippen LogP contribution in [-0.4, -0.2) is 26.0 Å². The van der Waals surface area contributed by atoms with Crippen LogP contribution in [0.1, 0.15) is 12.8 Å². The molecule has 1 heterocycles. The van der Waals surface area contributed by atoms with Crippen molar-refractivity contribution in [3.8, 4) is 11.3 Å². The van der Waals surface area contributed by atoms with Crippen molar-refractivity contribution in [2.45, 2.75) is 18.2 Å². The molecule has 0 aliphatic carbocycles. The molecule has 0 bridgehead atoms. The number of hydrogen-bond acceptors (Lipinski definition) is 6. The second-order valence-electron chi connectivity index (χ2n) is 5.55. The molecule has 1 aromatic heterocycles. The van der Waals surface area contributed by atoms with Crippen LogP contribution in [0.2, 0.25) is 0 Å². The average molecular weight is 386 g/mol. The molecular formula is C19H18N2O5S. The van der Waals surface area contributed by atoms with E-state index in [-0.39, 0.29) is 29.7 Å². The van der Waals surface area contributed by atoms with Crippen molar-refractivity contribution in [2.75, 3.05) is 11.3 Å². The Balaban J connectivity index is 1.97. The fraction of sp³-hybridized carbons (Fsp3) is 0.158. The van der Waals surface area contributed by atoms with E-state index >= 15 is 0 Å². The van der Waals surface area contributed by atoms with Crippen LogP contribution in [0.3, 0.4) is 0 Å². The fourth-order valence-corrected chi connectivity index (χ4v) is 3.43. The molecule has 7 nitrogen and oxygen atoms in total. The number of nitrogens with zero attached hydrogens (tertiary/aromatic N) is 1. The van der Waals surface area contributed by atoms with E-state index in [1.165, 1.54) is 12.1 Å². The minimum atomic E-state index is -3.87. The highest BCUT2D eigenvalue weighted by Crippen LogP contribution is 2.30. The summed E-state index contributed by atoms with van der Waals surface area (Å²) < 4.78 is 38.1. The van der Waals surface area contributed by atoms with Gasteiger partial charge in [0.05, 0.1) is 11.5 Å². The molecule has 0 unspecified atom stereocenters. The first-order valence-electron chi connectivity index (χ1n) is 8.28. The van der Waals surface area contributed by atoms with Crippen molar-refractivity contribution in [3.05, 3.63) is 66.6 Å². The van der Waals surface area contributed by atoms with Gasteiger partial charge < -0.3 is 9.15 Å². The van der Waals surface area contributed by atoms with Crippen LogP contribution in [-0.2, 0) is 26.0 Å². The number of anilines is 1. The smallest absolute Gasteiger partial charge is 0.315 e. The number of carbonyl (C=O) groups is 1. The molecule has 0 radical (unpaired) electrons. The van der Waals surface area contributed by atoms with Gasteiger partial charge in [0, 0.05) is 5.56 Å². The zero-order valence-electron chi connectivity index (χ0n) is 14.6. The van der Waals surface area contributed by atoms with E-state index in [1.54, 1.807) is 49.4 Å². The Morgan fingerprint density at radius 1 is 1.07 bits per heavy atom. The zero-order valence-corrected chi connectivity index (χ0v) is 15.4. The first-order chi connectivity index (χ1) is 13.0. The normalized spacial score (nSPS) is 11.1. The molecule has 0 fully saturated rings. The Labute approximate surface area is 157 Å². The maximum atomic E-state index is 12.6. The number of aromatic nitrogens is 1. The number of sulfonamides is 1. The predicted molar refractivity (Wildman–Crippen MR) is 99.5 cm³/mol. The first-order valence-corrected chi connectivity index (χ1v) is 9.76. The SMILES string of the molecule is CCOC(=O)Cc1nc(-c2ccccc2)c(NS(=O)(=O)c2ccccc2)o1. The fourth-order valence-electron chi connectivity index (χ4n) is 2.42. The first kappa shape index (κ1) is 18.7. The van der Waals surface area contributed by atoms with E-state index in [1.807, 2.05) is 6.07 Å². The van der Waals surface area contributed by atoms with Gasteiger partial charge in [-0.15, -0.1) is 0 Å². The maximum absolute atomic E-state index is 12.6. The molecule has 8 heteroatoms. The molecule has 3 aromatic rings. The third-order valence-electron chi connectivity index (χ3n) is 3.60. The van der Waals surface area contributed by atoms with Crippen molar-refractivity contribution in [1.29, 1.82) is 0 Å². The summed E-state index contributed by atoms with van der Waals surface area (Å²) in [6.07, 6.45) is -0.194. The van der Waals surface area contributed by atoms with Gasteiger partial charge in [-0.05, 0) is 19.1 Å². The van der Waals surface area contributed by atoms with Crippen LogP contribution in [0.4, 0.5) is 5.88 Å². The molecule has 3 rings (SSSR count). The highest BCUT2D eigenvalue weighted by molar-refractivity contribution is 7.92. The molecule has 0 aliphatic heterocycles. The number of oxazole rings is 1. The minimum Gasteiger partial charge on any atom is -0.466 e. The lowest BCUT2D eigenvalue weighted by Gasteiger charge is -2.06. The molecule has 0 saturated heterocycles. The maximum Gasteiger partial charge on any atom is 0.315 e. The van der Waals surface area contributed by atoms with E-state index in [4.69, 9.17) is 9.15 Å². The van der Waals surface area contributed by atoms with E-state index in [9.17, 15) is 13.2 Å². The molecule has 2 aromatic carbocycles. The van der Waals surface area contributed by atoms with Gasteiger partial charge in [-0.1, -0.05) is 48.5 Å². The lowest BCUT2D eigenvalue weighted by atomic mass is 10.2. The standard InChI is InChI=1S/C19H18N2O5S/c1-2-25-17(22)13-16-20-18(14-9-5-3-6-10-14)19(26-16)21-27(23,24)15-11-7-4-8-12-15/h3-12,21H,2,13H2,1H3. The van der Waals surface area contributed by atoms with Crippen molar-refractivity contribution in [1.82, 2.24) is 4.98 Å². The lowest BCUT2D eigenvalue weighted by Crippen LogP contribution is -2.13. The third kappa shape index (κ3) is 4.53. The summed E-state index contributed by atoms with van der Waals surface area (Å²) in [7, 11) is -3.87. The quantitative estimate of drug-likeness (QED) is 0.626. The topological polar surface area (TPSA) is 98.5 Å². The van der Waals surface area contributed by atoms with Gasteiger partial charge in [-0.25, -0.2) is 18.1 Å². The molecule has 27 heavy (non-hydrogen) atoms. The molecule has 1 N–H and O–H groups in total. The summed E-state index contributed by atoms with van der Waals surface area (Å²) in [5, 5.41) is 0.